The second-order valence-electron chi connectivity index (χ2n) is 4.72. The largest absolute Gasteiger partial charge is 0.377 e. The van der Waals surface area contributed by atoms with Crippen molar-refractivity contribution in [2.75, 3.05) is 26.2 Å². The predicted molar refractivity (Wildman–Crippen MR) is 80.9 cm³/mol. The van der Waals surface area contributed by atoms with Crippen molar-refractivity contribution in [3.05, 3.63) is 46.0 Å². The Morgan fingerprint density at radius 1 is 1.16 bits per heavy atom. The first kappa shape index (κ1) is 14.9. The Labute approximate surface area is 125 Å². The second kappa shape index (κ2) is 7.91. The molecule has 1 aliphatic heterocycles. The van der Waals surface area contributed by atoms with Gasteiger partial charge in [-0.05, 0) is 30.5 Å². The summed E-state index contributed by atoms with van der Waals surface area (Å²) < 4.78 is 5.66. The van der Waals surface area contributed by atoms with E-state index in [-0.39, 0.29) is 0 Å². The molecule has 0 bridgehead atoms. The van der Waals surface area contributed by atoms with Gasteiger partial charge in [-0.3, -0.25) is 4.90 Å². The number of hydrogen-bond donors (Lipinski definition) is 0. The maximum atomic E-state index is 5.95. The van der Waals surface area contributed by atoms with Crippen LogP contribution in [-0.4, -0.2) is 31.1 Å². The molecule has 0 spiro atoms. The zero-order valence-electron chi connectivity index (χ0n) is 10.9. The van der Waals surface area contributed by atoms with Crippen LogP contribution in [-0.2, 0) is 11.3 Å². The average Bonchev–Trinajstić information content (AvgIpc) is 2.43. The minimum Gasteiger partial charge on any atom is -0.377 e. The number of hydrogen-bond acceptors (Lipinski definition) is 2. The number of ether oxygens (including phenoxy) is 1. The molecule has 0 unspecified atom stereocenters. The molecule has 1 aliphatic rings. The molecular weight excluding hydrogens is 281 g/mol. The first-order chi connectivity index (χ1) is 9.25. The summed E-state index contributed by atoms with van der Waals surface area (Å²) in [5.74, 6) is 0. The van der Waals surface area contributed by atoms with Crippen LogP contribution in [0, 0.1) is 0 Å². The van der Waals surface area contributed by atoms with Crippen molar-refractivity contribution in [2.45, 2.75) is 19.4 Å². The maximum absolute atomic E-state index is 5.95. The normalized spacial score (nSPS) is 15.9. The molecule has 4 heteroatoms. The van der Waals surface area contributed by atoms with Crippen molar-refractivity contribution < 1.29 is 4.74 Å². The fraction of sp³-hybridized carbons (Fsp3) is 0.467. The van der Waals surface area contributed by atoms with E-state index in [4.69, 9.17) is 27.9 Å². The highest BCUT2D eigenvalue weighted by Gasteiger charge is 2.05. The van der Waals surface area contributed by atoms with Crippen LogP contribution in [0.25, 0.3) is 0 Å². The lowest BCUT2D eigenvalue weighted by Gasteiger charge is -2.22. The smallest absolute Gasteiger partial charge is 0.0717 e. The zero-order chi connectivity index (χ0) is 13.5. The predicted octanol–water partition coefficient (Wildman–Crippen LogP) is 4.16. The van der Waals surface area contributed by atoms with Crippen LogP contribution in [0.3, 0.4) is 0 Å². The summed E-state index contributed by atoms with van der Waals surface area (Å²) in [5, 5.41) is 1.17. The van der Waals surface area contributed by atoms with E-state index in [9.17, 15) is 0 Å². The Morgan fingerprint density at radius 2 is 2.05 bits per heavy atom. The van der Waals surface area contributed by atoms with E-state index in [0.717, 1.165) is 31.7 Å². The Kier molecular flexibility index (Phi) is 6.18. The van der Waals surface area contributed by atoms with E-state index in [1.165, 1.54) is 13.0 Å². The molecule has 0 aliphatic carbocycles. The SMILES string of the molecule is Clc1ccc(COCCCN2CC=CCC2)cc1Cl. The molecule has 0 aromatic heterocycles. The summed E-state index contributed by atoms with van der Waals surface area (Å²) in [4.78, 5) is 2.45. The summed E-state index contributed by atoms with van der Waals surface area (Å²) in [7, 11) is 0. The molecule has 0 atom stereocenters. The van der Waals surface area contributed by atoms with E-state index in [1.807, 2.05) is 18.2 Å². The molecule has 1 heterocycles. The van der Waals surface area contributed by atoms with Crippen molar-refractivity contribution in [3.8, 4) is 0 Å². The highest BCUT2D eigenvalue weighted by molar-refractivity contribution is 6.42. The van der Waals surface area contributed by atoms with Gasteiger partial charge in [0.2, 0.25) is 0 Å². The van der Waals surface area contributed by atoms with E-state index in [2.05, 4.69) is 17.1 Å². The minimum absolute atomic E-state index is 0.586. The number of benzene rings is 1. The number of halogens is 2. The van der Waals surface area contributed by atoms with Crippen LogP contribution in [0.4, 0.5) is 0 Å². The third-order valence-electron chi connectivity index (χ3n) is 3.16. The molecule has 2 nitrogen and oxygen atoms in total. The van der Waals surface area contributed by atoms with Gasteiger partial charge in [-0.2, -0.15) is 0 Å². The van der Waals surface area contributed by atoms with E-state index < -0.39 is 0 Å². The molecule has 1 aromatic rings. The summed E-state index contributed by atoms with van der Waals surface area (Å²) in [5.41, 5.74) is 1.07. The second-order valence-corrected chi connectivity index (χ2v) is 5.53. The van der Waals surface area contributed by atoms with Crippen LogP contribution in [0.1, 0.15) is 18.4 Å². The molecule has 1 aromatic carbocycles. The van der Waals surface area contributed by atoms with Crippen LogP contribution >= 0.6 is 23.2 Å². The fourth-order valence-corrected chi connectivity index (χ4v) is 2.42. The Bertz CT molecular complexity index is 434. The highest BCUT2D eigenvalue weighted by Crippen LogP contribution is 2.22. The van der Waals surface area contributed by atoms with E-state index in [1.54, 1.807) is 0 Å². The van der Waals surface area contributed by atoms with Crippen LogP contribution in [0.5, 0.6) is 0 Å². The van der Waals surface area contributed by atoms with Crippen LogP contribution in [0.15, 0.2) is 30.4 Å². The summed E-state index contributed by atoms with van der Waals surface area (Å²) >= 11 is 11.8. The monoisotopic (exact) mass is 299 g/mol. The van der Waals surface area contributed by atoms with Crippen molar-refractivity contribution in [1.82, 2.24) is 4.90 Å². The van der Waals surface area contributed by atoms with E-state index >= 15 is 0 Å². The molecule has 0 saturated heterocycles. The fourth-order valence-electron chi connectivity index (χ4n) is 2.10. The third kappa shape index (κ3) is 5.15. The zero-order valence-corrected chi connectivity index (χ0v) is 12.5. The molecule has 2 rings (SSSR count). The van der Waals surface area contributed by atoms with Crippen molar-refractivity contribution in [1.29, 1.82) is 0 Å². The lowest BCUT2D eigenvalue weighted by molar-refractivity contribution is 0.109. The van der Waals surface area contributed by atoms with Gasteiger partial charge in [0.15, 0.2) is 0 Å². The standard InChI is InChI=1S/C15H19Cl2NO/c16-14-6-5-13(11-15(14)17)12-19-10-4-9-18-7-2-1-3-8-18/h1-2,5-6,11H,3-4,7-10,12H2. The molecule has 0 radical (unpaired) electrons. The lowest BCUT2D eigenvalue weighted by Crippen LogP contribution is -2.28. The van der Waals surface area contributed by atoms with Gasteiger partial charge in [0, 0.05) is 26.2 Å². The third-order valence-corrected chi connectivity index (χ3v) is 3.90. The molecule has 104 valence electrons. The molecule has 19 heavy (non-hydrogen) atoms. The summed E-state index contributed by atoms with van der Waals surface area (Å²) in [6.07, 6.45) is 6.72. The van der Waals surface area contributed by atoms with Crippen molar-refractivity contribution in [3.63, 3.8) is 0 Å². The van der Waals surface area contributed by atoms with Gasteiger partial charge >= 0.3 is 0 Å². The molecule has 0 amide bonds. The van der Waals surface area contributed by atoms with Crippen LogP contribution < -0.4 is 0 Å². The van der Waals surface area contributed by atoms with Gasteiger partial charge in [-0.1, -0.05) is 41.4 Å². The first-order valence-electron chi connectivity index (χ1n) is 6.65. The molecule has 0 saturated carbocycles. The topological polar surface area (TPSA) is 12.5 Å². The van der Waals surface area contributed by atoms with Gasteiger partial charge in [-0.15, -0.1) is 0 Å². The van der Waals surface area contributed by atoms with Crippen molar-refractivity contribution >= 4 is 23.2 Å². The van der Waals surface area contributed by atoms with Gasteiger partial charge < -0.3 is 4.74 Å². The molecule has 0 N–H and O–H groups in total. The summed E-state index contributed by atoms with van der Waals surface area (Å²) in [6, 6.07) is 5.62. The molecular formula is C15H19Cl2NO. The average molecular weight is 300 g/mol. The number of rotatable bonds is 6. The van der Waals surface area contributed by atoms with E-state index in [0.29, 0.717) is 16.7 Å². The Morgan fingerprint density at radius 3 is 2.79 bits per heavy atom. The maximum Gasteiger partial charge on any atom is 0.0717 e. The number of nitrogens with zero attached hydrogens (tertiary/aromatic N) is 1. The van der Waals surface area contributed by atoms with Gasteiger partial charge in [0.1, 0.15) is 0 Å². The first-order valence-corrected chi connectivity index (χ1v) is 7.40. The van der Waals surface area contributed by atoms with Gasteiger partial charge in [0.05, 0.1) is 16.7 Å². The van der Waals surface area contributed by atoms with Crippen LogP contribution in [0.2, 0.25) is 10.0 Å². The van der Waals surface area contributed by atoms with Gasteiger partial charge in [-0.25, -0.2) is 0 Å². The Balaban J connectivity index is 1.61. The van der Waals surface area contributed by atoms with Crippen molar-refractivity contribution in [2.24, 2.45) is 0 Å². The van der Waals surface area contributed by atoms with Gasteiger partial charge in [0.25, 0.3) is 0 Å². The Hall–Kier alpha value is -0.540. The summed E-state index contributed by atoms with van der Waals surface area (Å²) in [6.45, 7) is 4.72. The minimum atomic E-state index is 0.586. The lowest BCUT2D eigenvalue weighted by atomic mass is 10.2. The molecule has 0 fully saturated rings. The highest BCUT2D eigenvalue weighted by atomic mass is 35.5. The quantitative estimate of drug-likeness (QED) is 0.578.